The standard InChI is InChI=1S/C13H17N3O7/c14-3-1-5-21-7-22-11-10(19)8(6-17)23-12(11)16-4-2-9(18)15-13(16)20/h2,4,8,10-12,17,19H,1,5-7H2,(H,15,18,20)/t8-,10?,11?,12-/m0/s1. The number of nitrogens with zero attached hydrogens (tertiary/aromatic N) is 2. The van der Waals surface area contributed by atoms with Crippen LogP contribution in [0.25, 0.3) is 0 Å². The maximum atomic E-state index is 11.8. The minimum Gasteiger partial charge on any atom is -0.394 e. The molecule has 23 heavy (non-hydrogen) atoms. The molecule has 0 bridgehead atoms. The fourth-order valence-corrected chi connectivity index (χ4v) is 2.20. The normalized spacial score (nSPS) is 27.0. The molecular formula is C13H17N3O7. The molecule has 0 aliphatic carbocycles. The zero-order valence-corrected chi connectivity index (χ0v) is 12.1. The van der Waals surface area contributed by atoms with Gasteiger partial charge in [-0.2, -0.15) is 5.26 Å². The summed E-state index contributed by atoms with van der Waals surface area (Å²) < 4.78 is 16.9. The van der Waals surface area contributed by atoms with Crippen LogP contribution >= 0.6 is 0 Å². The highest BCUT2D eigenvalue weighted by atomic mass is 16.7. The molecule has 3 N–H and O–H groups in total. The van der Waals surface area contributed by atoms with Crippen molar-refractivity contribution < 1.29 is 24.4 Å². The number of aliphatic hydroxyl groups excluding tert-OH is 2. The van der Waals surface area contributed by atoms with Gasteiger partial charge in [0.15, 0.2) is 6.23 Å². The molecule has 2 unspecified atom stereocenters. The summed E-state index contributed by atoms with van der Waals surface area (Å²) in [5.41, 5.74) is -1.30. The van der Waals surface area contributed by atoms with E-state index in [1.807, 2.05) is 6.07 Å². The second-order valence-electron chi connectivity index (χ2n) is 4.82. The highest BCUT2D eigenvalue weighted by molar-refractivity contribution is 4.93. The van der Waals surface area contributed by atoms with Gasteiger partial charge in [0, 0.05) is 12.3 Å². The smallest absolute Gasteiger partial charge is 0.330 e. The number of rotatable bonds is 7. The number of H-pyrrole nitrogens is 1. The minimum atomic E-state index is -1.19. The van der Waals surface area contributed by atoms with Crippen molar-refractivity contribution in [1.29, 1.82) is 5.26 Å². The van der Waals surface area contributed by atoms with E-state index in [0.717, 1.165) is 10.6 Å². The van der Waals surface area contributed by atoms with Gasteiger partial charge >= 0.3 is 5.69 Å². The molecule has 1 aliphatic rings. The van der Waals surface area contributed by atoms with E-state index in [9.17, 15) is 19.8 Å². The van der Waals surface area contributed by atoms with Gasteiger partial charge in [-0.05, 0) is 0 Å². The van der Waals surface area contributed by atoms with E-state index in [4.69, 9.17) is 19.5 Å². The summed E-state index contributed by atoms with van der Waals surface area (Å²) in [6.45, 7) is -0.530. The van der Waals surface area contributed by atoms with E-state index in [1.165, 1.54) is 6.20 Å². The second kappa shape index (κ2) is 8.00. The molecule has 4 atom stereocenters. The van der Waals surface area contributed by atoms with E-state index in [1.54, 1.807) is 0 Å². The van der Waals surface area contributed by atoms with Crippen LogP contribution in [-0.4, -0.2) is 58.1 Å². The lowest BCUT2D eigenvalue weighted by atomic mass is 10.1. The van der Waals surface area contributed by atoms with Gasteiger partial charge in [-0.15, -0.1) is 0 Å². The highest BCUT2D eigenvalue weighted by Gasteiger charge is 2.45. The molecule has 0 amide bonds. The summed E-state index contributed by atoms with van der Waals surface area (Å²) in [6, 6.07) is 3.03. The molecule has 2 heterocycles. The number of aromatic amines is 1. The van der Waals surface area contributed by atoms with Crippen LogP contribution in [0.2, 0.25) is 0 Å². The van der Waals surface area contributed by atoms with Gasteiger partial charge in [0.05, 0.1) is 25.7 Å². The van der Waals surface area contributed by atoms with Crippen LogP contribution in [0.3, 0.4) is 0 Å². The zero-order chi connectivity index (χ0) is 16.8. The molecule has 1 aromatic rings. The van der Waals surface area contributed by atoms with E-state index in [0.29, 0.717) is 0 Å². The van der Waals surface area contributed by atoms with E-state index in [-0.39, 0.29) is 19.8 Å². The Morgan fingerprint density at radius 2 is 2.26 bits per heavy atom. The topological polar surface area (TPSA) is 147 Å². The Morgan fingerprint density at radius 3 is 2.91 bits per heavy atom. The second-order valence-corrected chi connectivity index (χ2v) is 4.82. The molecule has 1 aromatic heterocycles. The molecule has 2 rings (SSSR count). The Labute approximate surface area is 130 Å². The molecule has 0 radical (unpaired) electrons. The summed E-state index contributed by atoms with van der Waals surface area (Å²) in [5, 5.41) is 27.7. The summed E-state index contributed by atoms with van der Waals surface area (Å²) in [6.07, 6.45) is -2.75. The van der Waals surface area contributed by atoms with E-state index in [2.05, 4.69) is 4.98 Å². The maximum absolute atomic E-state index is 11.8. The van der Waals surface area contributed by atoms with Gasteiger partial charge in [0.1, 0.15) is 25.1 Å². The van der Waals surface area contributed by atoms with Crippen molar-refractivity contribution in [3.63, 3.8) is 0 Å². The molecule has 126 valence electrons. The maximum Gasteiger partial charge on any atom is 0.330 e. The quantitative estimate of drug-likeness (QED) is 0.387. The Kier molecular flexibility index (Phi) is 6.03. The summed E-state index contributed by atoms with van der Waals surface area (Å²) >= 11 is 0. The largest absolute Gasteiger partial charge is 0.394 e. The van der Waals surface area contributed by atoms with Gasteiger partial charge in [-0.25, -0.2) is 4.79 Å². The van der Waals surface area contributed by atoms with Gasteiger partial charge in [-0.3, -0.25) is 14.3 Å². The molecular weight excluding hydrogens is 310 g/mol. The van der Waals surface area contributed by atoms with E-state index < -0.39 is 42.4 Å². The Morgan fingerprint density at radius 1 is 1.48 bits per heavy atom. The molecule has 10 nitrogen and oxygen atoms in total. The zero-order valence-electron chi connectivity index (χ0n) is 12.1. The lowest BCUT2D eigenvalue weighted by Gasteiger charge is -2.21. The Balaban J connectivity index is 2.13. The lowest BCUT2D eigenvalue weighted by molar-refractivity contribution is -0.139. The van der Waals surface area contributed by atoms with Crippen molar-refractivity contribution in [2.24, 2.45) is 0 Å². The average Bonchev–Trinajstić information content (AvgIpc) is 2.83. The summed E-state index contributed by atoms with van der Waals surface area (Å²) in [4.78, 5) is 25.0. The van der Waals surface area contributed by atoms with Crippen LogP contribution in [0.5, 0.6) is 0 Å². The third-order valence-corrected chi connectivity index (χ3v) is 3.32. The third-order valence-electron chi connectivity index (χ3n) is 3.32. The van der Waals surface area contributed by atoms with Crippen LogP contribution in [-0.2, 0) is 14.2 Å². The van der Waals surface area contributed by atoms with Crippen LogP contribution in [0.1, 0.15) is 12.6 Å². The lowest BCUT2D eigenvalue weighted by Crippen LogP contribution is -2.39. The van der Waals surface area contributed by atoms with E-state index >= 15 is 0 Å². The van der Waals surface area contributed by atoms with Crippen LogP contribution in [0, 0.1) is 11.3 Å². The number of hydrogen-bond donors (Lipinski definition) is 3. The molecule has 1 aliphatic heterocycles. The fourth-order valence-electron chi connectivity index (χ4n) is 2.20. The van der Waals surface area contributed by atoms with Gasteiger partial charge in [0.25, 0.3) is 5.56 Å². The first kappa shape index (κ1) is 17.3. The number of hydrogen-bond acceptors (Lipinski definition) is 8. The molecule has 10 heteroatoms. The molecule has 0 spiro atoms. The Bertz CT molecular complexity index is 665. The minimum absolute atomic E-state index is 0.160. The van der Waals surface area contributed by atoms with Gasteiger partial charge in [-0.1, -0.05) is 0 Å². The number of aromatic nitrogens is 2. The van der Waals surface area contributed by atoms with Crippen LogP contribution in [0.4, 0.5) is 0 Å². The van der Waals surface area contributed by atoms with Crippen LogP contribution in [0.15, 0.2) is 21.9 Å². The summed E-state index contributed by atoms with van der Waals surface area (Å²) in [5.74, 6) is 0. The average molecular weight is 327 g/mol. The predicted molar refractivity (Wildman–Crippen MR) is 74.2 cm³/mol. The van der Waals surface area contributed by atoms with Crippen molar-refractivity contribution in [3.05, 3.63) is 33.1 Å². The van der Waals surface area contributed by atoms with Gasteiger partial charge in [0.2, 0.25) is 0 Å². The fraction of sp³-hybridized carbons (Fsp3) is 0.615. The number of ether oxygens (including phenoxy) is 3. The highest BCUT2D eigenvalue weighted by Crippen LogP contribution is 2.30. The SMILES string of the molecule is N#CCCOCOC1C(O)[C@H](CO)O[C@@H]1n1ccc(=O)[nH]c1=O. The third kappa shape index (κ3) is 4.04. The van der Waals surface area contributed by atoms with Crippen molar-refractivity contribution in [2.75, 3.05) is 20.0 Å². The Hall–Kier alpha value is -2.03. The first-order valence-electron chi connectivity index (χ1n) is 6.90. The molecule has 1 saturated heterocycles. The summed E-state index contributed by atoms with van der Waals surface area (Å²) in [7, 11) is 0. The van der Waals surface area contributed by atoms with Gasteiger partial charge < -0.3 is 24.4 Å². The first-order chi connectivity index (χ1) is 11.1. The van der Waals surface area contributed by atoms with Crippen molar-refractivity contribution in [2.45, 2.75) is 31.0 Å². The van der Waals surface area contributed by atoms with Crippen LogP contribution < -0.4 is 11.2 Å². The monoisotopic (exact) mass is 327 g/mol. The number of nitriles is 1. The number of aliphatic hydroxyl groups is 2. The molecule has 0 saturated carbocycles. The van der Waals surface area contributed by atoms with Crippen molar-refractivity contribution >= 4 is 0 Å². The number of nitrogens with one attached hydrogen (secondary N) is 1. The van der Waals surface area contributed by atoms with Crippen molar-refractivity contribution in [1.82, 2.24) is 9.55 Å². The van der Waals surface area contributed by atoms with Crippen molar-refractivity contribution in [3.8, 4) is 6.07 Å². The first-order valence-corrected chi connectivity index (χ1v) is 6.90. The predicted octanol–water partition coefficient (Wildman–Crippen LogP) is -1.94. The molecule has 1 fully saturated rings. The molecule has 0 aromatic carbocycles.